The Bertz CT molecular complexity index is 4330. The third-order valence-electron chi connectivity index (χ3n) is 17.3. The summed E-state index contributed by atoms with van der Waals surface area (Å²) in [6.45, 7) is 16.7. The average Bonchev–Trinajstić information content (AvgIpc) is 4.17. The number of furan rings is 2. The van der Waals surface area contributed by atoms with E-state index >= 15 is 0 Å². The predicted molar refractivity (Wildman–Crippen MR) is 304 cm³/mol. The highest BCUT2D eigenvalue weighted by molar-refractivity contribution is 6.21. The third-order valence-corrected chi connectivity index (χ3v) is 17.3. The quantitative estimate of drug-likeness (QED) is 0.172. The molecule has 15 rings (SSSR count). The molecule has 350 valence electrons. The Balaban J connectivity index is 0.917. The van der Waals surface area contributed by atoms with Crippen molar-refractivity contribution in [3.8, 4) is 55.6 Å². The lowest BCUT2D eigenvalue weighted by molar-refractivity contribution is 0.600. The first kappa shape index (κ1) is 42.3. The van der Waals surface area contributed by atoms with Gasteiger partial charge in [-0.25, -0.2) is 0 Å². The Labute approximate surface area is 426 Å². The zero-order valence-electron chi connectivity index (χ0n) is 42.2. The van der Waals surface area contributed by atoms with Gasteiger partial charge in [0.15, 0.2) is 0 Å². The van der Waals surface area contributed by atoms with Crippen LogP contribution in [-0.4, -0.2) is 0 Å². The highest BCUT2D eigenvalue weighted by Crippen LogP contribution is 2.64. The summed E-state index contributed by atoms with van der Waals surface area (Å²) in [5.74, 6) is 0. The number of rotatable bonds is 5. The van der Waals surface area contributed by atoms with Gasteiger partial charge in [-0.3, -0.25) is 0 Å². The van der Waals surface area contributed by atoms with Gasteiger partial charge in [0.1, 0.15) is 22.3 Å². The minimum absolute atomic E-state index is 0.226. The van der Waals surface area contributed by atoms with Crippen molar-refractivity contribution in [2.45, 2.75) is 64.7 Å². The number of nitrogens with zero attached hydrogens (tertiary/aromatic N) is 1. The lowest BCUT2D eigenvalue weighted by Gasteiger charge is -2.32. The normalized spacial score (nSPS) is 15.1. The number of benzene rings is 10. The van der Waals surface area contributed by atoms with Gasteiger partial charge < -0.3 is 13.7 Å². The minimum Gasteiger partial charge on any atom is -0.455 e. The Hall–Kier alpha value is -8.40. The lowest BCUT2D eigenvalue weighted by atomic mass is 9.72. The second-order valence-electron chi connectivity index (χ2n) is 22.4. The minimum atomic E-state index is -0.324. The summed E-state index contributed by atoms with van der Waals surface area (Å²) in [4.78, 5) is 2.48. The molecule has 0 aliphatic heterocycles. The van der Waals surface area contributed by atoms with Crippen LogP contribution in [0.25, 0.3) is 99.5 Å². The number of hydrogen-bond acceptors (Lipinski definition) is 3. The highest BCUT2D eigenvalue weighted by Gasteiger charge is 2.49. The molecule has 0 saturated heterocycles. The lowest BCUT2D eigenvalue weighted by Crippen LogP contribution is -2.24. The van der Waals surface area contributed by atoms with Gasteiger partial charge in [-0.15, -0.1) is 0 Å². The smallest absolute Gasteiger partial charge is 0.144 e. The van der Waals surface area contributed by atoms with E-state index in [1.165, 1.54) is 99.6 Å². The van der Waals surface area contributed by atoms with Gasteiger partial charge in [0.05, 0.1) is 0 Å². The number of fused-ring (bicyclic) bond motifs is 19. The van der Waals surface area contributed by atoms with Gasteiger partial charge in [0, 0.05) is 66.0 Å². The molecule has 0 N–H and O–H groups in total. The molecule has 0 atom stereocenters. The molecule has 0 amide bonds. The van der Waals surface area contributed by atoms with E-state index in [2.05, 4.69) is 247 Å². The van der Waals surface area contributed by atoms with Crippen LogP contribution in [-0.2, 0) is 16.2 Å². The molecule has 12 aromatic rings. The van der Waals surface area contributed by atoms with E-state index in [0.717, 1.165) is 55.9 Å². The Morgan fingerprint density at radius 1 is 0.342 bits per heavy atom. The van der Waals surface area contributed by atoms with Crippen molar-refractivity contribution in [1.82, 2.24) is 0 Å². The monoisotopic (exact) mass is 939 g/mol. The molecule has 73 heavy (non-hydrogen) atoms. The van der Waals surface area contributed by atoms with Crippen molar-refractivity contribution in [2.75, 3.05) is 4.90 Å². The molecule has 0 radical (unpaired) electrons. The van der Waals surface area contributed by atoms with Crippen LogP contribution in [0.15, 0.2) is 203 Å². The van der Waals surface area contributed by atoms with Gasteiger partial charge in [-0.2, -0.15) is 0 Å². The van der Waals surface area contributed by atoms with E-state index in [4.69, 9.17) is 8.83 Å². The van der Waals surface area contributed by atoms with Crippen LogP contribution in [0.5, 0.6) is 0 Å². The molecule has 0 spiro atoms. The van der Waals surface area contributed by atoms with Crippen molar-refractivity contribution in [1.29, 1.82) is 0 Å². The standard InChI is InChI=1S/C70H53NO2/c1-40-25-31-44(32-26-40)71(46-34-36-49-55(38-46)70(6,7)64-60(49)62-51-21-13-16-24-58(51)73-67(62)63-47-19-11-14-22-53(47)69(4,5)65(63)64)45-33-35-48-54(37-45)68(2,3)56-39-52(43-29-27-42(28-30-43)41-17-9-8-10-18-41)66-61(59(48)56)50-20-12-15-23-57(50)72-66/h8-39H,1-7H3. The fourth-order valence-electron chi connectivity index (χ4n) is 13.7. The van der Waals surface area contributed by atoms with E-state index in [1.807, 2.05) is 0 Å². The first-order chi connectivity index (χ1) is 35.4. The molecular formula is C70H53NO2. The molecule has 3 heteroatoms. The first-order valence-corrected chi connectivity index (χ1v) is 25.8. The van der Waals surface area contributed by atoms with Gasteiger partial charge in [0.25, 0.3) is 0 Å². The van der Waals surface area contributed by atoms with Gasteiger partial charge in [-0.1, -0.05) is 187 Å². The largest absolute Gasteiger partial charge is 0.455 e. The van der Waals surface area contributed by atoms with E-state index in [9.17, 15) is 0 Å². The molecule has 0 fully saturated rings. The summed E-state index contributed by atoms with van der Waals surface area (Å²) in [5.41, 5.74) is 28.0. The van der Waals surface area contributed by atoms with Crippen LogP contribution >= 0.6 is 0 Å². The third kappa shape index (κ3) is 5.65. The number of para-hydroxylation sites is 2. The molecule has 3 aliphatic rings. The summed E-state index contributed by atoms with van der Waals surface area (Å²) in [6.07, 6.45) is 0. The number of aryl methyl sites for hydroxylation is 1. The molecule has 10 aromatic carbocycles. The maximum Gasteiger partial charge on any atom is 0.144 e. The fourth-order valence-corrected chi connectivity index (χ4v) is 13.7. The molecule has 2 aromatic heterocycles. The van der Waals surface area contributed by atoms with Crippen LogP contribution in [0.4, 0.5) is 17.1 Å². The zero-order chi connectivity index (χ0) is 49.3. The van der Waals surface area contributed by atoms with Gasteiger partial charge in [-0.05, 0) is 139 Å². The van der Waals surface area contributed by atoms with E-state index in [0.29, 0.717) is 0 Å². The van der Waals surface area contributed by atoms with Crippen LogP contribution in [0.3, 0.4) is 0 Å². The summed E-state index contributed by atoms with van der Waals surface area (Å²) >= 11 is 0. The summed E-state index contributed by atoms with van der Waals surface area (Å²) in [7, 11) is 0. The molecule has 3 nitrogen and oxygen atoms in total. The second-order valence-corrected chi connectivity index (χ2v) is 22.4. The van der Waals surface area contributed by atoms with Crippen molar-refractivity contribution >= 4 is 60.9 Å². The Morgan fingerprint density at radius 2 is 0.836 bits per heavy atom. The molecule has 0 bridgehead atoms. The molecule has 2 heterocycles. The summed E-state index contributed by atoms with van der Waals surface area (Å²) in [6, 6.07) is 71.7. The summed E-state index contributed by atoms with van der Waals surface area (Å²) < 4.78 is 13.9. The molecular weight excluding hydrogens is 887 g/mol. The van der Waals surface area contributed by atoms with Gasteiger partial charge in [0.2, 0.25) is 0 Å². The zero-order valence-corrected chi connectivity index (χ0v) is 42.2. The Morgan fingerprint density at radius 3 is 1.52 bits per heavy atom. The van der Waals surface area contributed by atoms with Crippen molar-refractivity contribution in [3.05, 3.63) is 233 Å². The van der Waals surface area contributed by atoms with Crippen molar-refractivity contribution < 1.29 is 8.83 Å². The van der Waals surface area contributed by atoms with Crippen LogP contribution in [0, 0.1) is 6.92 Å². The first-order valence-electron chi connectivity index (χ1n) is 25.8. The maximum absolute atomic E-state index is 6.99. The van der Waals surface area contributed by atoms with Crippen molar-refractivity contribution in [2.24, 2.45) is 0 Å². The van der Waals surface area contributed by atoms with Crippen LogP contribution in [0.2, 0.25) is 0 Å². The van der Waals surface area contributed by atoms with Gasteiger partial charge >= 0.3 is 0 Å². The predicted octanol–water partition coefficient (Wildman–Crippen LogP) is 19.5. The maximum atomic E-state index is 6.99. The Kier molecular flexibility index (Phi) is 8.47. The molecule has 3 aliphatic carbocycles. The van der Waals surface area contributed by atoms with Crippen molar-refractivity contribution in [3.63, 3.8) is 0 Å². The van der Waals surface area contributed by atoms with E-state index in [1.54, 1.807) is 0 Å². The topological polar surface area (TPSA) is 29.5 Å². The number of hydrogen-bond donors (Lipinski definition) is 0. The van der Waals surface area contributed by atoms with Crippen LogP contribution < -0.4 is 4.90 Å². The SMILES string of the molecule is Cc1ccc(N(c2ccc3c(c2)C(C)(C)c2cc(-c4ccc(-c5ccccc5)cc4)c4oc5ccccc5c4c2-3)c2ccc3c(c2)C(C)(C)c2c4c(c5oc6ccccc6c5c2-3)-c2ccccc2C4(C)C)cc1. The van der Waals surface area contributed by atoms with Crippen LogP contribution in [0.1, 0.15) is 80.5 Å². The van der Waals surface area contributed by atoms with E-state index in [-0.39, 0.29) is 16.2 Å². The fraction of sp³-hybridized carbons (Fsp3) is 0.143. The molecule has 0 saturated carbocycles. The summed E-state index contributed by atoms with van der Waals surface area (Å²) in [5, 5.41) is 4.72. The van der Waals surface area contributed by atoms with E-state index < -0.39 is 0 Å². The second kappa shape index (κ2) is 14.6. The highest BCUT2D eigenvalue weighted by atomic mass is 16.3. The average molecular weight is 940 g/mol. The molecule has 0 unspecified atom stereocenters. The number of anilines is 3.